The van der Waals surface area contributed by atoms with Gasteiger partial charge >= 0.3 is 0 Å². The number of oxazole rings is 1. The van der Waals surface area contributed by atoms with Gasteiger partial charge in [-0.05, 0) is 61.1 Å². The molecule has 1 aliphatic heterocycles. The number of carbonyl (C=O) groups excluding carboxylic acids is 1. The number of hydrogen-bond acceptors (Lipinski definition) is 4. The molecule has 2 aromatic carbocycles. The predicted octanol–water partition coefficient (Wildman–Crippen LogP) is 4.18. The lowest BCUT2D eigenvalue weighted by Gasteiger charge is -2.35. The minimum Gasteiger partial charge on any atom is -0.441 e. The van der Waals surface area contributed by atoms with E-state index in [1.54, 1.807) is 0 Å². The minimum absolute atomic E-state index is 0.0494. The monoisotopic (exact) mass is 364 g/mol. The predicted molar refractivity (Wildman–Crippen MR) is 105 cm³/mol. The van der Waals surface area contributed by atoms with Crippen LogP contribution in [0.5, 0.6) is 0 Å². The number of piperidine rings is 1. The highest BCUT2D eigenvalue weighted by Gasteiger charge is 2.27. The van der Waals surface area contributed by atoms with Crippen LogP contribution in [-0.4, -0.2) is 40.1 Å². The first-order valence-electron chi connectivity index (χ1n) is 9.55. The van der Waals surface area contributed by atoms with Crippen molar-refractivity contribution in [2.45, 2.75) is 38.6 Å². The number of likely N-dealkylation sites (tertiary alicyclic amines) is 1. The van der Waals surface area contributed by atoms with E-state index in [0.29, 0.717) is 17.9 Å². The van der Waals surface area contributed by atoms with Crippen molar-refractivity contribution in [2.75, 3.05) is 13.2 Å². The fourth-order valence-electron chi connectivity index (χ4n) is 3.94. The lowest BCUT2D eigenvalue weighted by molar-refractivity contribution is 0.0574. The molecule has 1 atom stereocenters. The number of aliphatic hydroxyl groups excluding tert-OH is 1. The standard InChI is InChI=1S/C22H24N2O3/c1-15-23-20-14-17(8-9-21(20)27-15)16-5-4-6-18(13-16)22(26)24-11-3-2-7-19(24)10-12-25/h4-6,8-9,13-14,19,25H,2-3,7,10-12H2,1H3. The fourth-order valence-corrected chi connectivity index (χ4v) is 3.94. The molecule has 0 radical (unpaired) electrons. The molecule has 1 N–H and O–H groups in total. The Morgan fingerprint density at radius 1 is 1.22 bits per heavy atom. The van der Waals surface area contributed by atoms with E-state index >= 15 is 0 Å². The van der Waals surface area contributed by atoms with Crippen LogP contribution >= 0.6 is 0 Å². The maximum Gasteiger partial charge on any atom is 0.254 e. The fraction of sp³-hybridized carbons (Fsp3) is 0.364. The third-order valence-electron chi connectivity index (χ3n) is 5.29. The number of aryl methyl sites for hydroxylation is 1. The molecule has 0 spiro atoms. The molecule has 2 heterocycles. The summed E-state index contributed by atoms with van der Waals surface area (Å²) in [6.07, 6.45) is 3.75. The van der Waals surface area contributed by atoms with Gasteiger partial charge in [-0.1, -0.05) is 18.2 Å². The van der Waals surface area contributed by atoms with Gasteiger partial charge in [-0.3, -0.25) is 4.79 Å². The highest BCUT2D eigenvalue weighted by atomic mass is 16.3. The minimum atomic E-state index is 0.0494. The van der Waals surface area contributed by atoms with Gasteiger partial charge < -0.3 is 14.4 Å². The molecule has 1 aromatic heterocycles. The van der Waals surface area contributed by atoms with Gasteiger partial charge in [0.1, 0.15) is 5.52 Å². The van der Waals surface area contributed by atoms with Crippen LogP contribution in [0.4, 0.5) is 0 Å². The van der Waals surface area contributed by atoms with Crippen molar-refractivity contribution in [2.24, 2.45) is 0 Å². The van der Waals surface area contributed by atoms with Crippen molar-refractivity contribution in [1.29, 1.82) is 0 Å². The molecule has 0 aliphatic carbocycles. The summed E-state index contributed by atoms with van der Waals surface area (Å²) in [6, 6.07) is 13.8. The summed E-state index contributed by atoms with van der Waals surface area (Å²) in [5, 5.41) is 9.32. The number of carbonyl (C=O) groups is 1. The second kappa shape index (κ2) is 7.53. The van der Waals surface area contributed by atoms with Crippen LogP contribution in [0.3, 0.4) is 0 Å². The van der Waals surface area contributed by atoms with Crippen LogP contribution in [0.25, 0.3) is 22.2 Å². The lowest BCUT2D eigenvalue weighted by Crippen LogP contribution is -2.44. The van der Waals surface area contributed by atoms with E-state index in [2.05, 4.69) is 4.98 Å². The van der Waals surface area contributed by atoms with Crippen LogP contribution in [0.15, 0.2) is 46.9 Å². The van der Waals surface area contributed by atoms with Crippen molar-refractivity contribution in [1.82, 2.24) is 9.88 Å². The van der Waals surface area contributed by atoms with Crippen LogP contribution in [0.1, 0.15) is 41.9 Å². The third kappa shape index (κ3) is 3.60. The van der Waals surface area contributed by atoms with Crippen molar-refractivity contribution in [3.63, 3.8) is 0 Å². The number of amides is 1. The molecule has 0 saturated carbocycles. The van der Waals surface area contributed by atoms with E-state index in [-0.39, 0.29) is 18.6 Å². The van der Waals surface area contributed by atoms with Crippen LogP contribution < -0.4 is 0 Å². The summed E-state index contributed by atoms with van der Waals surface area (Å²) in [5.41, 5.74) is 4.27. The van der Waals surface area contributed by atoms with E-state index in [1.807, 2.05) is 54.3 Å². The van der Waals surface area contributed by atoms with Crippen molar-refractivity contribution in [3.8, 4) is 11.1 Å². The topological polar surface area (TPSA) is 66.6 Å². The van der Waals surface area contributed by atoms with Gasteiger partial charge in [0.25, 0.3) is 5.91 Å². The van der Waals surface area contributed by atoms with Gasteiger partial charge in [0.15, 0.2) is 11.5 Å². The molecule has 1 fully saturated rings. The lowest BCUT2D eigenvalue weighted by atomic mass is 9.97. The Labute approximate surface area is 158 Å². The van der Waals surface area contributed by atoms with Crippen molar-refractivity contribution in [3.05, 3.63) is 53.9 Å². The normalized spacial score (nSPS) is 17.4. The van der Waals surface area contributed by atoms with E-state index in [4.69, 9.17) is 4.42 Å². The highest BCUT2D eigenvalue weighted by Crippen LogP contribution is 2.27. The van der Waals surface area contributed by atoms with Gasteiger partial charge in [-0.2, -0.15) is 0 Å². The number of rotatable bonds is 4. The highest BCUT2D eigenvalue weighted by molar-refractivity contribution is 5.96. The van der Waals surface area contributed by atoms with E-state index in [1.165, 1.54) is 0 Å². The molecule has 5 heteroatoms. The second-order valence-corrected chi connectivity index (χ2v) is 7.16. The summed E-state index contributed by atoms with van der Waals surface area (Å²) in [7, 11) is 0. The second-order valence-electron chi connectivity index (χ2n) is 7.16. The van der Waals surface area contributed by atoms with E-state index in [0.717, 1.165) is 48.0 Å². The zero-order chi connectivity index (χ0) is 18.8. The Hall–Kier alpha value is -2.66. The summed E-state index contributed by atoms with van der Waals surface area (Å²) >= 11 is 0. The Balaban J connectivity index is 1.63. The van der Waals surface area contributed by atoms with E-state index < -0.39 is 0 Å². The van der Waals surface area contributed by atoms with Crippen molar-refractivity contribution >= 4 is 17.0 Å². The first-order valence-corrected chi connectivity index (χ1v) is 9.55. The number of aromatic nitrogens is 1. The molecule has 140 valence electrons. The first kappa shape index (κ1) is 17.7. The zero-order valence-corrected chi connectivity index (χ0v) is 15.5. The molecular formula is C22H24N2O3. The number of hydrogen-bond donors (Lipinski definition) is 1. The van der Waals surface area contributed by atoms with Gasteiger partial charge in [0.2, 0.25) is 0 Å². The Morgan fingerprint density at radius 2 is 2.07 bits per heavy atom. The van der Waals surface area contributed by atoms with Crippen LogP contribution in [0.2, 0.25) is 0 Å². The number of fused-ring (bicyclic) bond motifs is 1. The summed E-state index contributed by atoms with van der Waals surface area (Å²) in [5.74, 6) is 0.694. The largest absolute Gasteiger partial charge is 0.441 e. The van der Waals surface area contributed by atoms with Crippen molar-refractivity contribution < 1.29 is 14.3 Å². The Morgan fingerprint density at radius 3 is 2.93 bits per heavy atom. The molecule has 1 saturated heterocycles. The van der Waals surface area contributed by atoms with E-state index in [9.17, 15) is 9.90 Å². The maximum atomic E-state index is 13.1. The average molecular weight is 364 g/mol. The van der Waals surface area contributed by atoms with Crippen LogP contribution in [0, 0.1) is 6.92 Å². The molecule has 1 unspecified atom stereocenters. The smallest absolute Gasteiger partial charge is 0.254 e. The molecule has 27 heavy (non-hydrogen) atoms. The SMILES string of the molecule is Cc1nc2cc(-c3cccc(C(=O)N4CCCCC4CCO)c3)ccc2o1. The molecule has 1 amide bonds. The molecule has 1 aliphatic rings. The Bertz CT molecular complexity index is 961. The van der Waals surface area contributed by atoms with Gasteiger partial charge in [-0.15, -0.1) is 0 Å². The zero-order valence-electron chi connectivity index (χ0n) is 15.5. The molecule has 4 rings (SSSR count). The average Bonchev–Trinajstić information content (AvgIpc) is 3.07. The quantitative estimate of drug-likeness (QED) is 0.754. The number of aliphatic hydroxyl groups is 1. The van der Waals surface area contributed by atoms with Gasteiger partial charge in [0.05, 0.1) is 0 Å². The van der Waals surface area contributed by atoms with Gasteiger partial charge in [-0.25, -0.2) is 4.98 Å². The summed E-state index contributed by atoms with van der Waals surface area (Å²) in [4.78, 5) is 19.4. The maximum absolute atomic E-state index is 13.1. The third-order valence-corrected chi connectivity index (χ3v) is 5.29. The summed E-state index contributed by atoms with van der Waals surface area (Å²) in [6.45, 7) is 2.71. The Kier molecular flexibility index (Phi) is 4.94. The number of nitrogens with zero attached hydrogens (tertiary/aromatic N) is 2. The molecule has 3 aromatic rings. The molecule has 0 bridgehead atoms. The molecular weight excluding hydrogens is 340 g/mol. The number of benzene rings is 2. The van der Waals surface area contributed by atoms with Gasteiger partial charge in [0, 0.05) is 31.7 Å². The van der Waals surface area contributed by atoms with Crippen LogP contribution in [-0.2, 0) is 0 Å². The molecule has 5 nitrogen and oxygen atoms in total. The summed E-state index contributed by atoms with van der Waals surface area (Å²) < 4.78 is 5.54. The first-order chi connectivity index (χ1) is 13.2.